The first kappa shape index (κ1) is 18.4. The van der Waals surface area contributed by atoms with Crippen molar-refractivity contribution in [3.63, 3.8) is 0 Å². The number of rotatable bonds is 4. The fraction of sp³-hybridized carbons (Fsp3) is 0.471. The number of nitrogens with zero attached hydrogens (tertiary/aromatic N) is 1. The number of halogens is 1. The second-order valence-corrected chi connectivity index (χ2v) is 8.42. The molecule has 0 saturated carbocycles. The van der Waals surface area contributed by atoms with Crippen LogP contribution in [0.1, 0.15) is 31.6 Å². The van der Waals surface area contributed by atoms with Crippen molar-refractivity contribution in [1.82, 2.24) is 15.0 Å². The average Bonchev–Trinajstić information content (AvgIpc) is 3.13. The number of sulfonamides is 1. The van der Waals surface area contributed by atoms with Gasteiger partial charge in [-0.2, -0.15) is 0 Å². The van der Waals surface area contributed by atoms with Crippen molar-refractivity contribution in [3.05, 3.63) is 36.4 Å². The summed E-state index contributed by atoms with van der Waals surface area (Å²) in [6.45, 7) is 1.78. The van der Waals surface area contributed by atoms with Crippen LogP contribution in [0.4, 0.5) is 0 Å². The Bertz CT molecular complexity index is 823. The fourth-order valence-electron chi connectivity index (χ4n) is 3.74. The highest BCUT2D eigenvalue weighted by atomic mass is 35.5. The Hall–Kier alpha value is -1.41. The lowest BCUT2D eigenvalue weighted by molar-refractivity contribution is 0.345. The van der Waals surface area contributed by atoms with Crippen LogP contribution in [-0.2, 0) is 10.0 Å². The van der Waals surface area contributed by atoms with Gasteiger partial charge >= 0.3 is 0 Å². The van der Waals surface area contributed by atoms with Crippen LogP contribution in [0.3, 0.4) is 0 Å². The largest absolute Gasteiger partial charge is 0.449 e. The number of aromatic nitrogens is 1. The van der Waals surface area contributed by atoms with Gasteiger partial charge in [-0.25, -0.2) is 18.1 Å². The molecule has 8 heteroatoms. The molecule has 4 rings (SSSR count). The predicted octanol–water partition coefficient (Wildman–Crippen LogP) is 2.63. The summed E-state index contributed by atoms with van der Waals surface area (Å²) in [5.41, 5.74) is 1.55. The number of fused-ring (bicyclic) bond motifs is 2. The summed E-state index contributed by atoms with van der Waals surface area (Å²) in [6.07, 6.45) is 5.60. The van der Waals surface area contributed by atoms with Crippen LogP contribution < -0.4 is 10.0 Å². The number of hydrogen-bond donors (Lipinski definition) is 2. The molecule has 2 N–H and O–H groups in total. The van der Waals surface area contributed by atoms with Crippen molar-refractivity contribution in [3.8, 4) is 11.3 Å². The quantitative estimate of drug-likeness (QED) is 0.847. The number of aryl methyl sites for hydroxylation is 1. The molecule has 25 heavy (non-hydrogen) atoms. The number of oxazole rings is 1. The van der Waals surface area contributed by atoms with Gasteiger partial charge in [-0.15, -0.1) is 12.4 Å². The van der Waals surface area contributed by atoms with E-state index in [4.69, 9.17) is 4.42 Å². The molecule has 3 heterocycles. The second-order valence-electron chi connectivity index (χ2n) is 6.70. The molecule has 2 fully saturated rings. The van der Waals surface area contributed by atoms with Gasteiger partial charge in [0, 0.05) is 30.6 Å². The van der Waals surface area contributed by atoms with Crippen LogP contribution >= 0.6 is 12.4 Å². The number of benzene rings is 1. The molecule has 2 bridgehead atoms. The highest BCUT2D eigenvalue weighted by Crippen LogP contribution is 2.28. The van der Waals surface area contributed by atoms with Crippen molar-refractivity contribution >= 4 is 22.4 Å². The van der Waals surface area contributed by atoms with E-state index < -0.39 is 10.0 Å². The average molecular weight is 384 g/mol. The first-order chi connectivity index (χ1) is 11.5. The minimum Gasteiger partial charge on any atom is -0.449 e. The zero-order valence-corrected chi connectivity index (χ0v) is 15.6. The van der Waals surface area contributed by atoms with Gasteiger partial charge in [-0.3, -0.25) is 0 Å². The molecule has 1 aromatic heterocycles. The third-order valence-corrected chi connectivity index (χ3v) is 6.41. The predicted molar refractivity (Wildman–Crippen MR) is 97.2 cm³/mol. The molecule has 2 unspecified atom stereocenters. The molecule has 6 nitrogen and oxygen atoms in total. The molecule has 0 spiro atoms. The summed E-state index contributed by atoms with van der Waals surface area (Å²) in [5.74, 6) is 0.587. The maximum Gasteiger partial charge on any atom is 0.240 e. The lowest BCUT2D eigenvalue weighted by Crippen LogP contribution is -2.47. The van der Waals surface area contributed by atoms with E-state index in [1.165, 1.54) is 0 Å². The molecule has 2 aliphatic rings. The van der Waals surface area contributed by atoms with E-state index in [9.17, 15) is 8.42 Å². The highest BCUT2D eigenvalue weighted by Gasteiger charge is 2.35. The molecule has 1 aromatic carbocycles. The normalized spacial score (nSPS) is 25.6. The Morgan fingerprint density at radius 1 is 1.16 bits per heavy atom. The van der Waals surface area contributed by atoms with Gasteiger partial charge < -0.3 is 9.73 Å². The molecule has 0 amide bonds. The van der Waals surface area contributed by atoms with Gasteiger partial charge in [0.05, 0.1) is 4.90 Å². The smallest absolute Gasteiger partial charge is 0.240 e. The molecule has 2 atom stereocenters. The summed E-state index contributed by atoms with van der Waals surface area (Å²) in [4.78, 5) is 4.54. The molecule has 0 aliphatic carbocycles. The molecular weight excluding hydrogens is 362 g/mol. The number of piperidine rings is 1. The van der Waals surface area contributed by atoms with E-state index in [0.29, 0.717) is 23.7 Å². The maximum absolute atomic E-state index is 12.6. The van der Waals surface area contributed by atoms with Crippen molar-refractivity contribution < 1.29 is 12.8 Å². The standard InChI is InChI=1S/C17H21N3O3S.ClH/c1-11-18-17(10-23-11)12-2-6-16(7-3-12)24(21,22)20-15-8-13-4-5-14(9-15)19-13;/h2-3,6-7,10,13-15,19-20H,4-5,8-9H2,1H3;1H. The van der Waals surface area contributed by atoms with Crippen molar-refractivity contribution in [1.29, 1.82) is 0 Å². The van der Waals surface area contributed by atoms with Gasteiger partial charge in [0.15, 0.2) is 5.89 Å². The SMILES string of the molecule is Cc1nc(-c2ccc(S(=O)(=O)NC3CC4CCC(C3)N4)cc2)co1.Cl. The summed E-state index contributed by atoms with van der Waals surface area (Å²) in [5, 5.41) is 3.52. The summed E-state index contributed by atoms with van der Waals surface area (Å²) in [6, 6.07) is 7.69. The van der Waals surface area contributed by atoms with E-state index in [-0.39, 0.29) is 23.3 Å². The van der Waals surface area contributed by atoms with Gasteiger partial charge in [-0.1, -0.05) is 12.1 Å². The van der Waals surface area contributed by atoms with Crippen molar-refractivity contribution in [2.24, 2.45) is 0 Å². The van der Waals surface area contributed by atoms with Crippen molar-refractivity contribution in [2.45, 2.75) is 55.6 Å². The third kappa shape index (κ3) is 3.89. The van der Waals surface area contributed by atoms with Crippen LogP contribution in [0, 0.1) is 6.92 Å². The Morgan fingerprint density at radius 3 is 2.36 bits per heavy atom. The molecular formula is C17H22ClN3O3S. The Balaban J connectivity index is 0.00000182. The van der Waals surface area contributed by atoms with E-state index in [2.05, 4.69) is 15.0 Å². The van der Waals surface area contributed by atoms with E-state index >= 15 is 0 Å². The van der Waals surface area contributed by atoms with Gasteiger partial charge in [0.2, 0.25) is 10.0 Å². The Labute approximate surface area is 153 Å². The fourth-order valence-corrected chi connectivity index (χ4v) is 5.00. The van der Waals surface area contributed by atoms with Crippen molar-refractivity contribution in [2.75, 3.05) is 0 Å². The zero-order valence-electron chi connectivity index (χ0n) is 13.9. The minimum atomic E-state index is -3.49. The summed E-state index contributed by atoms with van der Waals surface area (Å²) in [7, 11) is -3.49. The molecule has 136 valence electrons. The Kier molecular flexibility index (Phi) is 5.20. The lowest BCUT2D eigenvalue weighted by Gasteiger charge is -2.29. The first-order valence-corrected chi connectivity index (χ1v) is 9.79. The third-order valence-electron chi connectivity index (χ3n) is 4.87. The van der Waals surface area contributed by atoms with Gasteiger partial charge in [-0.05, 0) is 37.8 Å². The number of hydrogen-bond acceptors (Lipinski definition) is 5. The summed E-state index contributed by atoms with van der Waals surface area (Å²) < 4.78 is 33.3. The number of nitrogens with one attached hydrogen (secondary N) is 2. The zero-order chi connectivity index (χ0) is 16.7. The van der Waals surface area contributed by atoms with Crippen LogP contribution in [0.15, 0.2) is 39.8 Å². The highest BCUT2D eigenvalue weighted by molar-refractivity contribution is 7.89. The lowest BCUT2D eigenvalue weighted by atomic mass is 10.0. The van der Waals surface area contributed by atoms with Gasteiger partial charge in [0.1, 0.15) is 12.0 Å². The molecule has 0 radical (unpaired) electrons. The van der Waals surface area contributed by atoms with E-state index in [0.717, 1.165) is 31.2 Å². The summed E-state index contributed by atoms with van der Waals surface area (Å²) >= 11 is 0. The van der Waals surface area contributed by atoms with Crippen LogP contribution in [0.25, 0.3) is 11.3 Å². The van der Waals surface area contributed by atoms with Crippen LogP contribution in [-0.4, -0.2) is 31.5 Å². The topological polar surface area (TPSA) is 84.2 Å². The van der Waals surface area contributed by atoms with E-state index in [1.807, 2.05) is 0 Å². The van der Waals surface area contributed by atoms with Gasteiger partial charge in [0.25, 0.3) is 0 Å². The first-order valence-electron chi connectivity index (χ1n) is 8.30. The molecule has 2 aliphatic heterocycles. The maximum atomic E-state index is 12.6. The molecule has 2 saturated heterocycles. The minimum absolute atomic E-state index is 0. The second kappa shape index (κ2) is 7.07. The monoisotopic (exact) mass is 383 g/mol. The molecule has 2 aromatic rings. The van der Waals surface area contributed by atoms with E-state index in [1.54, 1.807) is 37.5 Å². The Morgan fingerprint density at radius 2 is 1.80 bits per heavy atom. The van der Waals surface area contributed by atoms with Crippen LogP contribution in [0.2, 0.25) is 0 Å². The van der Waals surface area contributed by atoms with Crippen LogP contribution in [0.5, 0.6) is 0 Å².